The van der Waals surface area contributed by atoms with Gasteiger partial charge in [0.05, 0.1) is 24.5 Å². The first-order valence-corrected chi connectivity index (χ1v) is 9.61. The molecule has 0 saturated heterocycles. The normalized spacial score (nSPS) is 18.6. The molecule has 0 aliphatic carbocycles. The average molecular weight is 387 g/mol. The highest BCUT2D eigenvalue weighted by Crippen LogP contribution is 2.31. The van der Waals surface area contributed by atoms with Gasteiger partial charge in [0.15, 0.2) is 0 Å². The number of aryl methyl sites for hydroxylation is 2. The molecule has 0 saturated carbocycles. The Morgan fingerprint density at radius 3 is 2.89 bits per heavy atom. The summed E-state index contributed by atoms with van der Waals surface area (Å²) in [6.45, 7) is 7.36. The van der Waals surface area contributed by atoms with Gasteiger partial charge in [0.2, 0.25) is 0 Å². The molecule has 28 heavy (non-hydrogen) atoms. The zero-order valence-electron chi connectivity index (χ0n) is 17.2. The molecule has 1 amide bonds. The van der Waals surface area contributed by atoms with Crippen molar-refractivity contribution in [1.82, 2.24) is 15.1 Å². The smallest absolute Gasteiger partial charge is 0.270 e. The van der Waals surface area contributed by atoms with Gasteiger partial charge < -0.3 is 19.5 Å². The standard InChI is InChI=1S/C21H29N3O4/c1-13-6-7-16(18(10-13)27-9-8-26-5)12-22-21(25)20-17-11-14(2)28-15(3)19(17)23-24(20)4/h6-7,10,14-15H,8-9,11-12H2,1-5H3,(H,22,25)/t14-,15+/m1/s1. The molecule has 0 fully saturated rings. The van der Waals surface area contributed by atoms with Crippen LogP contribution < -0.4 is 10.1 Å². The summed E-state index contributed by atoms with van der Waals surface area (Å²) in [4.78, 5) is 13.0. The summed E-state index contributed by atoms with van der Waals surface area (Å²) < 4.78 is 18.3. The SMILES string of the molecule is COCCOc1cc(C)ccc1CNC(=O)c1c2c(nn1C)[C@H](C)O[C@H](C)C2. The number of fused-ring (bicyclic) bond motifs is 1. The summed E-state index contributed by atoms with van der Waals surface area (Å²) in [5.74, 6) is 0.626. The molecule has 2 aromatic rings. The Morgan fingerprint density at radius 2 is 2.14 bits per heavy atom. The number of nitrogens with one attached hydrogen (secondary N) is 1. The van der Waals surface area contributed by atoms with Crippen molar-refractivity contribution in [3.05, 3.63) is 46.3 Å². The number of hydrogen-bond donors (Lipinski definition) is 1. The largest absolute Gasteiger partial charge is 0.491 e. The fourth-order valence-corrected chi connectivity index (χ4v) is 3.59. The molecule has 152 valence electrons. The van der Waals surface area contributed by atoms with E-state index in [0.717, 1.165) is 28.1 Å². The predicted octanol–water partition coefficient (Wildman–Crippen LogP) is 2.71. The van der Waals surface area contributed by atoms with Crippen LogP contribution in [-0.2, 0) is 29.5 Å². The van der Waals surface area contributed by atoms with Crippen LogP contribution in [0, 0.1) is 6.92 Å². The summed E-state index contributed by atoms with van der Waals surface area (Å²) in [6.07, 6.45) is 0.645. The van der Waals surface area contributed by atoms with E-state index in [2.05, 4.69) is 10.4 Å². The van der Waals surface area contributed by atoms with E-state index < -0.39 is 0 Å². The van der Waals surface area contributed by atoms with Crippen molar-refractivity contribution < 1.29 is 19.0 Å². The molecular weight excluding hydrogens is 358 g/mol. The van der Waals surface area contributed by atoms with Crippen LogP contribution in [0.2, 0.25) is 0 Å². The molecule has 1 aliphatic heterocycles. The maximum Gasteiger partial charge on any atom is 0.270 e. The van der Waals surface area contributed by atoms with Crippen LogP contribution in [0.5, 0.6) is 5.75 Å². The van der Waals surface area contributed by atoms with Gasteiger partial charge in [0.1, 0.15) is 18.1 Å². The maximum absolute atomic E-state index is 13.0. The first-order valence-electron chi connectivity index (χ1n) is 9.61. The van der Waals surface area contributed by atoms with E-state index in [1.807, 2.05) is 39.0 Å². The second kappa shape index (κ2) is 8.75. The Balaban J connectivity index is 1.75. The van der Waals surface area contributed by atoms with Gasteiger partial charge in [0.25, 0.3) is 5.91 Å². The number of methoxy groups -OCH3 is 1. The number of aromatic nitrogens is 2. The van der Waals surface area contributed by atoms with Gasteiger partial charge in [-0.2, -0.15) is 5.10 Å². The van der Waals surface area contributed by atoms with Gasteiger partial charge in [-0.15, -0.1) is 0 Å². The highest BCUT2D eigenvalue weighted by atomic mass is 16.5. The molecule has 2 atom stereocenters. The van der Waals surface area contributed by atoms with Crippen molar-refractivity contribution >= 4 is 5.91 Å². The highest BCUT2D eigenvalue weighted by Gasteiger charge is 2.31. The first kappa shape index (κ1) is 20.4. The molecule has 1 aromatic heterocycles. The van der Waals surface area contributed by atoms with Crippen LogP contribution in [0.1, 0.15) is 52.8 Å². The van der Waals surface area contributed by atoms with Crippen molar-refractivity contribution in [3.8, 4) is 5.75 Å². The molecule has 7 nitrogen and oxygen atoms in total. The molecule has 1 aromatic carbocycles. The molecule has 2 heterocycles. The number of hydrogen-bond acceptors (Lipinski definition) is 5. The van der Waals surface area contributed by atoms with E-state index in [9.17, 15) is 4.79 Å². The maximum atomic E-state index is 13.0. The number of ether oxygens (including phenoxy) is 3. The molecule has 0 spiro atoms. The van der Waals surface area contributed by atoms with Gasteiger partial charge in [-0.05, 0) is 32.4 Å². The number of nitrogens with zero attached hydrogens (tertiary/aromatic N) is 2. The zero-order chi connectivity index (χ0) is 20.3. The van der Waals surface area contributed by atoms with Crippen molar-refractivity contribution in [2.75, 3.05) is 20.3 Å². The van der Waals surface area contributed by atoms with Gasteiger partial charge in [-0.25, -0.2) is 0 Å². The van der Waals surface area contributed by atoms with E-state index in [1.165, 1.54) is 0 Å². The summed E-state index contributed by atoms with van der Waals surface area (Å²) >= 11 is 0. The molecule has 0 unspecified atom stereocenters. The summed E-state index contributed by atoms with van der Waals surface area (Å²) in [5.41, 5.74) is 4.46. The minimum atomic E-state index is -0.138. The lowest BCUT2D eigenvalue weighted by Gasteiger charge is -2.24. The van der Waals surface area contributed by atoms with Gasteiger partial charge in [-0.3, -0.25) is 9.48 Å². The van der Waals surface area contributed by atoms with E-state index in [4.69, 9.17) is 14.2 Å². The van der Waals surface area contributed by atoms with Crippen LogP contribution >= 0.6 is 0 Å². The molecule has 1 N–H and O–H groups in total. The monoisotopic (exact) mass is 387 g/mol. The van der Waals surface area contributed by atoms with E-state index in [1.54, 1.807) is 18.8 Å². The number of rotatable bonds is 7. The quantitative estimate of drug-likeness (QED) is 0.740. The fraction of sp³-hybridized carbons (Fsp3) is 0.524. The second-order valence-electron chi connectivity index (χ2n) is 7.26. The number of benzene rings is 1. The third-order valence-electron chi connectivity index (χ3n) is 4.91. The fourth-order valence-electron chi connectivity index (χ4n) is 3.59. The van der Waals surface area contributed by atoms with Crippen molar-refractivity contribution in [2.45, 2.75) is 45.9 Å². The zero-order valence-corrected chi connectivity index (χ0v) is 17.2. The van der Waals surface area contributed by atoms with E-state index in [-0.39, 0.29) is 18.1 Å². The van der Waals surface area contributed by atoms with E-state index in [0.29, 0.717) is 31.9 Å². The molecular formula is C21H29N3O4. The number of carbonyl (C=O) groups is 1. The lowest BCUT2D eigenvalue weighted by molar-refractivity contribution is -0.00710. The third-order valence-corrected chi connectivity index (χ3v) is 4.91. The number of amides is 1. The Kier molecular flexibility index (Phi) is 6.36. The molecule has 1 aliphatic rings. The van der Waals surface area contributed by atoms with Crippen molar-refractivity contribution in [1.29, 1.82) is 0 Å². The van der Waals surface area contributed by atoms with E-state index >= 15 is 0 Å². The Bertz CT molecular complexity index is 846. The lowest BCUT2D eigenvalue weighted by atomic mass is 9.99. The van der Waals surface area contributed by atoms with Gasteiger partial charge >= 0.3 is 0 Å². The summed E-state index contributed by atoms with van der Waals surface area (Å²) in [6, 6.07) is 5.97. The predicted molar refractivity (Wildman–Crippen MR) is 106 cm³/mol. The summed E-state index contributed by atoms with van der Waals surface area (Å²) in [7, 11) is 3.44. The van der Waals surface area contributed by atoms with Crippen LogP contribution in [0.25, 0.3) is 0 Å². The minimum absolute atomic E-state index is 0.0659. The third kappa shape index (κ3) is 4.36. The number of carbonyl (C=O) groups excluding carboxylic acids is 1. The lowest BCUT2D eigenvalue weighted by Crippen LogP contribution is -2.28. The van der Waals surface area contributed by atoms with Crippen LogP contribution in [0.4, 0.5) is 0 Å². The highest BCUT2D eigenvalue weighted by molar-refractivity contribution is 5.94. The molecule has 7 heteroatoms. The van der Waals surface area contributed by atoms with Gasteiger partial charge in [-0.1, -0.05) is 12.1 Å². The van der Waals surface area contributed by atoms with Crippen molar-refractivity contribution in [2.24, 2.45) is 7.05 Å². The average Bonchev–Trinajstić information content (AvgIpc) is 2.97. The van der Waals surface area contributed by atoms with Crippen LogP contribution in [0.3, 0.4) is 0 Å². The van der Waals surface area contributed by atoms with Crippen LogP contribution in [0.15, 0.2) is 18.2 Å². The topological polar surface area (TPSA) is 74.6 Å². The Hall–Kier alpha value is -2.38. The van der Waals surface area contributed by atoms with Crippen LogP contribution in [-0.4, -0.2) is 42.1 Å². The molecule has 0 bridgehead atoms. The molecule has 3 rings (SSSR count). The first-order chi connectivity index (χ1) is 13.4. The second-order valence-corrected chi connectivity index (χ2v) is 7.26. The Morgan fingerprint density at radius 1 is 1.36 bits per heavy atom. The molecule has 0 radical (unpaired) electrons. The summed E-state index contributed by atoms with van der Waals surface area (Å²) in [5, 5.41) is 7.53. The van der Waals surface area contributed by atoms with Crippen molar-refractivity contribution in [3.63, 3.8) is 0 Å². The minimum Gasteiger partial charge on any atom is -0.491 e. The Labute approximate surface area is 166 Å². The van der Waals surface area contributed by atoms with Gasteiger partial charge in [0, 0.05) is 38.2 Å².